The van der Waals surface area contributed by atoms with Gasteiger partial charge >= 0.3 is 0 Å². The first-order valence-electron chi connectivity index (χ1n) is 11.1. The van der Waals surface area contributed by atoms with Gasteiger partial charge in [0.25, 0.3) is 15.9 Å². The van der Waals surface area contributed by atoms with Crippen LogP contribution in [0.1, 0.15) is 33.4 Å². The van der Waals surface area contributed by atoms with Gasteiger partial charge in [-0.3, -0.25) is 9.59 Å². The van der Waals surface area contributed by atoms with Crippen LogP contribution in [0.25, 0.3) is 21.7 Å². The predicted molar refractivity (Wildman–Crippen MR) is 140 cm³/mol. The maximum Gasteiger partial charge on any atom is 0.273 e. The van der Waals surface area contributed by atoms with E-state index in [9.17, 15) is 18.0 Å². The van der Waals surface area contributed by atoms with Crippen LogP contribution >= 0.6 is 11.6 Å². The molecule has 0 atom stereocenters. The molecule has 0 spiro atoms. The van der Waals surface area contributed by atoms with Crippen molar-refractivity contribution in [2.24, 2.45) is 0 Å². The smallest absolute Gasteiger partial charge is 0.273 e. The zero-order chi connectivity index (χ0) is 25.6. The molecule has 0 aliphatic heterocycles. The molecule has 0 aliphatic rings. The Morgan fingerprint density at radius 1 is 0.861 bits per heavy atom. The third-order valence-electron chi connectivity index (χ3n) is 5.98. The minimum Gasteiger partial charge on any atom is -0.461 e. The molecule has 36 heavy (non-hydrogen) atoms. The summed E-state index contributed by atoms with van der Waals surface area (Å²) in [6.45, 7) is 3.07. The van der Waals surface area contributed by atoms with Gasteiger partial charge in [0.1, 0.15) is 11.3 Å². The number of amides is 1. The number of hydrogen-bond acceptors (Lipinski definition) is 5. The summed E-state index contributed by atoms with van der Waals surface area (Å²) in [4.78, 5) is 26.0. The Bertz CT molecular complexity index is 1790. The van der Waals surface area contributed by atoms with E-state index in [4.69, 9.17) is 16.0 Å². The molecule has 0 saturated carbocycles. The van der Waals surface area contributed by atoms with E-state index in [0.717, 1.165) is 9.69 Å². The number of benzene rings is 4. The fraction of sp³-hybridized carbons (Fsp3) is 0.0714. The number of sulfonamides is 1. The maximum absolute atomic E-state index is 14.0. The van der Waals surface area contributed by atoms with Gasteiger partial charge in [0.05, 0.1) is 26.7 Å². The molecule has 0 aliphatic carbocycles. The fourth-order valence-corrected chi connectivity index (χ4v) is 5.97. The zero-order valence-electron chi connectivity index (χ0n) is 19.4. The molecule has 8 heteroatoms. The summed E-state index contributed by atoms with van der Waals surface area (Å²) < 4.78 is 34.5. The van der Waals surface area contributed by atoms with Crippen molar-refractivity contribution in [1.29, 1.82) is 0 Å². The van der Waals surface area contributed by atoms with E-state index in [0.29, 0.717) is 27.7 Å². The summed E-state index contributed by atoms with van der Waals surface area (Å²) in [5.74, 6) is -0.640. The van der Waals surface area contributed by atoms with Crippen LogP contribution in [0.2, 0.25) is 5.02 Å². The number of carbonyl (C=O) groups is 2. The summed E-state index contributed by atoms with van der Waals surface area (Å²) in [5, 5.41) is 2.11. The average Bonchev–Trinajstić information content (AvgIpc) is 3.19. The second kappa shape index (κ2) is 8.93. The summed E-state index contributed by atoms with van der Waals surface area (Å²) in [5.41, 5.74) is 0.831. The molecule has 180 valence electrons. The molecule has 0 N–H and O–H groups in total. The first-order chi connectivity index (χ1) is 17.2. The fourth-order valence-electron chi connectivity index (χ4n) is 4.31. The number of aryl methyl sites for hydroxylation is 1. The molecular formula is C28H20ClNO5S. The Balaban J connectivity index is 1.76. The van der Waals surface area contributed by atoms with Crippen LogP contribution in [-0.2, 0) is 10.0 Å². The van der Waals surface area contributed by atoms with E-state index in [2.05, 4.69) is 0 Å². The SMILES string of the molecule is CC(=O)c1c(C)oc2ccc(N(C(=O)c3ccccc3Cl)S(=O)(=O)c3ccc4ccccc4c3)cc12. The van der Waals surface area contributed by atoms with Crippen molar-refractivity contribution in [3.8, 4) is 0 Å². The molecule has 0 radical (unpaired) electrons. The number of furan rings is 1. The normalized spacial score (nSPS) is 11.6. The van der Waals surface area contributed by atoms with Crippen molar-refractivity contribution in [2.75, 3.05) is 4.31 Å². The number of fused-ring (bicyclic) bond motifs is 2. The van der Waals surface area contributed by atoms with Gasteiger partial charge in [-0.15, -0.1) is 0 Å². The van der Waals surface area contributed by atoms with Crippen molar-refractivity contribution in [3.63, 3.8) is 0 Å². The van der Waals surface area contributed by atoms with Gasteiger partial charge < -0.3 is 4.42 Å². The molecule has 0 saturated heterocycles. The lowest BCUT2D eigenvalue weighted by Crippen LogP contribution is -2.37. The van der Waals surface area contributed by atoms with Crippen molar-refractivity contribution < 1.29 is 22.4 Å². The van der Waals surface area contributed by atoms with Gasteiger partial charge in [-0.25, -0.2) is 8.42 Å². The Morgan fingerprint density at radius 2 is 1.56 bits per heavy atom. The Morgan fingerprint density at radius 3 is 2.28 bits per heavy atom. The molecule has 1 amide bonds. The molecule has 6 nitrogen and oxygen atoms in total. The third kappa shape index (κ3) is 3.96. The van der Waals surface area contributed by atoms with E-state index in [1.807, 2.05) is 18.2 Å². The lowest BCUT2D eigenvalue weighted by atomic mass is 10.1. The molecule has 5 aromatic rings. The van der Waals surface area contributed by atoms with Crippen LogP contribution in [0.5, 0.6) is 0 Å². The van der Waals surface area contributed by atoms with Gasteiger partial charge in [0.15, 0.2) is 5.78 Å². The van der Waals surface area contributed by atoms with E-state index in [1.54, 1.807) is 37.3 Å². The molecule has 0 unspecified atom stereocenters. The second-order valence-electron chi connectivity index (χ2n) is 8.33. The van der Waals surface area contributed by atoms with Crippen molar-refractivity contribution >= 4 is 60.7 Å². The van der Waals surface area contributed by atoms with Crippen molar-refractivity contribution in [3.05, 3.63) is 107 Å². The minimum atomic E-state index is -4.40. The van der Waals surface area contributed by atoms with E-state index in [-0.39, 0.29) is 27.0 Å². The summed E-state index contributed by atoms with van der Waals surface area (Å²) in [6.07, 6.45) is 0. The van der Waals surface area contributed by atoms with Crippen LogP contribution in [0.4, 0.5) is 5.69 Å². The lowest BCUT2D eigenvalue weighted by molar-refractivity contribution is 0.100. The van der Waals surface area contributed by atoms with Gasteiger partial charge in [-0.2, -0.15) is 4.31 Å². The number of Topliss-reactive ketones (excluding diaryl/α,β-unsaturated/α-hetero) is 1. The summed E-state index contributed by atoms with van der Waals surface area (Å²) in [7, 11) is -4.40. The van der Waals surface area contributed by atoms with Gasteiger partial charge in [0, 0.05) is 5.39 Å². The highest BCUT2D eigenvalue weighted by Crippen LogP contribution is 2.34. The number of halogens is 1. The second-order valence-corrected chi connectivity index (χ2v) is 10.5. The minimum absolute atomic E-state index is 0.0267. The monoisotopic (exact) mass is 517 g/mol. The molecule has 1 heterocycles. The molecule has 5 rings (SSSR count). The number of nitrogens with zero attached hydrogens (tertiary/aromatic N) is 1. The van der Waals surface area contributed by atoms with Crippen LogP contribution in [-0.4, -0.2) is 20.1 Å². The van der Waals surface area contributed by atoms with Gasteiger partial charge in [-0.1, -0.05) is 54.1 Å². The number of hydrogen-bond donors (Lipinski definition) is 0. The number of carbonyl (C=O) groups excluding carboxylic acids is 2. The van der Waals surface area contributed by atoms with Gasteiger partial charge in [-0.05, 0) is 67.1 Å². The Kier molecular flexibility index (Phi) is 5.90. The van der Waals surface area contributed by atoms with Crippen LogP contribution < -0.4 is 4.31 Å². The molecule has 4 aromatic carbocycles. The maximum atomic E-state index is 14.0. The topological polar surface area (TPSA) is 84.7 Å². The number of rotatable bonds is 5. The molecule has 0 fully saturated rings. The van der Waals surface area contributed by atoms with E-state index in [1.165, 1.54) is 43.3 Å². The standard InChI is InChI=1S/C28H20ClNO5S/c1-17(31)27-18(2)35-26-14-12-21(16-24(26)27)30(28(32)23-9-5-6-10-25(23)29)36(33,34)22-13-11-19-7-3-4-8-20(19)15-22/h3-16H,1-2H3. The highest BCUT2D eigenvalue weighted by atomic mass is 35.5. The van der Waals surface area contributed by atoms with E-state index >= 15 is 0 Å². The summed E-state index contributed by atoms with van der Waals surface area (Å²) >= 11 is 6.29. The predicted octanol–water partition coefficient (Wildman–Crippen LogP) is 6.79. The van der Waals surface area contributed by atoms with Gasteiger partial charge in [0.2, 0.25) is 0 Å². The van der Waals surface area contributed by atoms with Crippen LogP contribution in [0, 0.1) is 6.92 Å². The highest BCUT2D eigenvalue weighted by molar-refractivity contribution is 7.93. The third-order valence-corrected chi connectivity index (χ3v) is 8.02. The Labute approximate surface area is 212 Å². The Hall–Kier alpha value is -3.94. The number of ketones is 1. The summed E-state index contributed by atoms with van der Waals surface area (Å²) in [6, 6.07) is 22.8. The van der Waals surface area contributed by atoms with Crippen molar-refractivity contribution in [1.82, 2.24) is 0 Å². The molecular weight excluding hydrogens is 498 g/mol. The lowest BCUT2D eigenvalue weighted by Gasteiger charge is -2.23. The van der Waals surface area contributed by atoms with Crippen LogP contribution in [0.15, 0.2) is 94.2 Å². The molecule has 1 aromatic heterocycles. The van der Waals surface area contributed by atoms with E-state index < -0.39 is 15.9 Å². The average molecular weight is 518 g/mol. The first kappa shape index (κ1) is 23.8. The largest absolute Gasteiger partial charge is 0.461 e. The highest BCUT2D eigenvalue weighted by Gasteiger charge is 2.33. The number of anilines is 1. The van der Waals surface area contributed by atoms with Crippen LogP contribution in [0.3, 0.4) is 0 Å². The zero-order valence-corrected chi connectivity index (χ0v) is 20.9. The quantitative estimate of drug-likeness (QED) is 0.240. The van der Waals surface area contributed by atoms with Crippen molar-refractivity contribution in [2.45, 2.75) is 18.7 Å². The first-order valence-corrected chi connectivity index (χ1v) is 12.9. The molecule has 0 bridgehead atoms.